The number of anilines is 4. The molecule has 0 amide bonds. The average molecular weight is 755 g/mol. The van der Waals surface area contributed by atoms with Crippen LogP contribution >= 0.6 is 0 Å². The fraction of sp³-hybridized carbons (Fsp3) is 0.0877. The summed E-state index contributed by atoms with van der Waals surface area (Å²) in [4.78, 5) is 2.43. The van der Waals surface area contributed by atoms with Crippen molar-refractivity contribution in [2.45, 2.75) is 24.7 Å². The SMILES string of the molecule is C1=CCCC(C2(c3ccccc3)c3ccccc3-c3ccc(N(c4ccccc4)c4ccc(C5=CC=C6Nc7c(ccc8ccccc78)C7=C6C5CC=C7)cc4)cc32)=C1. The lowest BCUT2D eigenvalue weighted by Crippen LogP contribution is -2.30. The number of nitrogens with one attached hydrogen (secondary N) is 1. The molecule has 7 aromatic carbocycles. The molecular formula is C57H42N2. The molecule has 4 aliphatic carbocycles. The molecule has 0 fully saturated rings. The van der Waals surface area contributed by atoms with E-state index in [2.05, 4.69) is 217 Å². The maximum absolute atomic E-state index is 3.87. The van der Waals surface area contributed by atoms with E-state index in [1.165, 1.54) is 83.4 Å². The first-order chi connectivity index (χ1) is 29.3. The van der Waals surface area contributed by atoms with Gasteiger partial charge in [0.2, 0.25) is 0 Å². The molecule has 1 heterocycles. The normalized spacial score (nSPS) is 19.5. The zero-order valence-electron chi connectivity index (χ0n) is 32.8. The quantitative estimate of drug-likeness (QED) is 0.182. The Morgan fingerprint density at radius 1 is 0.576 bits per heavy atom. The Hall–Kier alpha value is -7.16. The molecule has 12 rings (SSSR count). The van der Waals surface area contributed by atoms with Crippen molar-refractivity contribution in [3.8, 4) is 11.1 Å². The molecule has 2 atom stereocenters. The maximum atomic E-state index is 3.87. The van der Waals surface area contributed by atoms with Gasteiger partial charge in [0.1, 0.15) is 0 Å². The summed E-state index contributed by atoms with van der Waals surface area (Å²) < 4.78 is 0. The molecule has 59 heavy (non-hydrogen) atoms. The Labute approximate surface area is 346 Å². The third-order valence-electron chi connectivity index (χ3n) is 13.3. The highest BCUT2D eigenvalue weighted by molar-refractivity contribution is 6.06. The van der Waals surface area contributed by atoms with Crippen LogP contribution in [0.4, 0.5) is 22.7 Å². The van der Waals surface area contributed by atoms with Gasteiger partial charge in [-0.15, -0.1) is 0 Å². The molecule has 2 nitrogen and oxygen atoms in total. The van der Waals surface area contributed by atoms with Crippen LogP contribution in [0.2, 0.25) is 0 Å². The van der Waals surface area contributed by atoms with Gasteiger partial charge >= 0.3 is 0 Å². The summed E-state index contributed by atoms with van der Waals surface area (Å²) in [5.74, 6) is 0.284. The number of para-hydroxylation sites is 1. The molecule has 5 aliphatic rings. The summed E-state index contributed by atoms with van der Waals surface area (Å²) in [6, 6.07) is 60.8. The van der Waals surface area contributed by atoms with Gasteiger partial charge in [-0.2, -0.15) is 0 Å². The first-order valence-electron chi connectivity index (χ1n) is 21.0. The summed E-state index contributed by atoms with van der Waals surface area (Å²) in [5, 5.41) is 6.40. The van der Waals surface area contributed by atoms with Gasteiger partial charge in [0.25, 0.3) is 0 Å². The topological polar surface area (TPSA) is 15.3 Å². The Morgan fingerprint density at radius 3 is 2.15 bits per heavy atom. The summed E-state index contributed by atoms with van der Waals surface area (Å²) in [5.41, 5.74) is 20.3. The summed E-state index contributed by atoms with van der Waals surface area (Å²) in [6.07, 6.45) is 19.4. The van der Waals surface area contributed by atoms with Crippen LogP contribution in [-0.2, 0) is 5.41 Å². The molecule has 0 saturated heterocycles. The Balaban J connectivity index is 0.969. The highest BCUT2D eigenvalue weighted by atomic mass is 15.1. The Bertz CT molecular complexity index is 3030. The van der Waals surface area contributed by atoms with E-state index in [0.717, 1.165) is 36.3 Å². The van der Waals surface area contributed by atoms with E-state index in [4.69, 9.17) is 0 Å². The van der Waals surface area contributed by atoms with Crippen LogP contribution in [0, 0.1) is 5.92 Å². The van der Waals surface area contributed by atoms with E-state index in [0.29, 0.717) is 0 Å². The summed E-state index contributed by atoms with van der Waals surface area (Å²) in [6.45, 7) is 0. The van der Waals surface area contributed by atoms with E-state index in [1.54, 1.807) is 0 Å². The minimum Gasteiger partial charge on any atom is -0.354 e. The summed E-state index contributed by atoms with van der Waals surface area (Å²) >= 11 is 0. The third-order valence-corrected chi connectivity index (χ3v) is 13.3. The largest absolute Gasteiger partial charge is 0.354 e. The second-order valence-corrected chi connectivity index (χ2v) is 16.3. The number of nitrogens with zero attached hydrogens (tertiary/aromatic N) is 1. The van der Waals surface area contributed by atoms with E-state index < -0.39 is 0 Å². The third kappa shape index (κ3) is 5.12. The van der Waals surface area contributed by atoms with Crippen molar-refractivity contribution in [2.75, 3.05) is 10.2 Å². The van der Waals surface area contributed by atoms with Crippen LogP contribution in [0.15, 0.2) is 223 Å². The first-order valence-corrected chi connectivity index (χ1v) is 21.0. The lowest BCUT2D eigenvalue weighted by Gasteiger charge is -2.37. The molecule has 7 aromatic rings. The second kappa shape index (κ2) is 13.5. The van der Waals surface area contributed by atoms with Gasteiger partial charge in [-0.3, -0.25) is 0 Å². The molecule has 0 saturated carbocycles. The molecule has 0 radical (unpaired) electrons. The highest BCUT2D eigenvalue weighted by Gasteiger charge is 2.47. The standard InChI is InChI=1S/C57H42N2/c1-4-16-40(17-5-1)57(41-18-6-2-7-19-41)52-26-13-12-23-47(52)48-34-32-44(37-53(48)57)59(42-20-8-3-9-21-42)43-30-27-39(28-31-43)45-35-36-54-55-49(45)24-14-25-50(55)51-33-29-38-15-10-11-22-46(38)56(51)58-54/h1-6,8-18,20-23,25-37,49,58H,7,19,24H2. The lowest BCUT2D eigenvalue weighted by atomic mass is 9.65. The van der Waals surface area contributed by atoms with Gasteiger partial charge in [-0.1, -0.05) is 169 Å². The first kappa shape index (κ1) is 33.9. The van der Waals surface area contributed by atoms with Gasteiger partial charge in [-0.05, 0) is 117 Å². The van der Waals surface area contributed by atoms with Crippen molar-refractivity contribution in [1.82, 2.24) is 0 Å². The predicted molar refractivity (Wildman–Crippen MR) is 247 cm³/mol. The van der Waals surface area contributed by atoms with E-state index >= 15 is 0 Å². The number of rotatable bonds is 6. The molecule has 0 aromatic heterocycles. The number of allylic oxidation sites excluding steroid dienone is 11. The van der Waals surface area contributed by atoms with Gasteiger partial charge in [0.15, 0.2) is 0 Å². The van der Waals surface area contributed by atoms with Gasteiger partial charge in [0.05, 0.1) is 11.1 Å². The van der Waals surface area contributed by atoms with E-state index in [1.807, 2.05) is 0 Å². The number of hydrogen-bond donors (Lipinski definition) is 1. The maximum Gasteiger partial charge on any atom is 0.0677 e. The van der Waals surface area contributed by atoms with Gasteiger partial charge in [0, 0.05) is 39.6 Å². The fourth-order valence-corrected chi connectivity index (χ4v) is 10.8. The fourth-order valence-electron chi connectivity index (χ4n) is 10.8. The van der Waals surface area contributed by atoms with Crippen molar-refractivity contribution in [2.24, 2.45) is 5.92 Å². The molecule has 0 bridgehead atoms. The second-order valence-electron chi connectivity index (χ2n) is 16.3. The van der Waals surface area contributed by atoms with Crippen molar-refractivity contribution >= 4 is 44.7 Å². The highest BCUT2D eigenvalue weighted by Crippen LogP contribution is 2.59. The van der Waals surface area contributed by atoms with Crippen LogP contribution in [0.25, 0.3) is 33.0 Å². The molecule has 2 unspecified atom stereocenters. The average Bonchev–Trinajstić information content (AvgIpc) is 3.61. The minimum atomic E-state index is -0.385. The van der Waals surface area contributed by atoms with Crippen LogP contribution < -0.4 is 10.2 Å². The molecule has 2 heteroatoms. The van der Waals surface area contributed by atoms with Crippen LogP contribution in [0.3, 0.4) is 0 Å². The van der Waals surface area contributed by atoms with Crippen LogP contribution in [-0.4, -0.2) is 0 Å². The number of benzene rings is 7. The Kier molecular flexibility index (Phi) is 7.74. The molecule has 1 aliphatic heterocycles. The van der Waals surface area contributed by atoms with Crippen molar-refractivity contribution in [3.05, 3.63) is 251 Å². The monoisotopic (exact) mass is 754 g/mol. The summed E-state index contributed by atoms with van der Waals surface area (Å²) in [7, 11) is 0. The van der Waals surface area contributed by atoms with Gasteiger partial charge < -0.3 is 10.2 Å². The van der Waals surface area contributed by atoms with Crippen molar-refractivity contribution in [1.29, 1.82) is 0 Å². The van der Waals surface area contributed by atoms with Gasteiger partial charge in [-0.25, -0.2) is 0 Å². The van der Waals surface area contributed by atoms with Crippen molar-refractivity contribution < 1.29 is 0 Å². The predicted octanol–water partition coefficient (Wildman–Crippen LogP) is 14.6. The molecule has 0 spiro atoms. The number of hydrogen-bond acceptors (Lipinski definition) is 2. The minimum absolute atomic E-state index is 0.284. The number of fused-ring (bicyclic) bond motifs is 7. The lowest BCUT2D eigenvalue weighted by molar-refractivity contribution is 0.693. The molecular weight excluding hydrogens is 713 g/mol. The van der Waals surface area contributed by atoms with Crippen LogP contribution in [0.1, 0.15) is 47.1 Å². The van der Waals surface area contributed by atoms with E-state index in [9.17, 15) is 0 Å². The van der Waals surface area contributed by atoms with E-state index in [-0.39, 0.29) is 11.3 Å². The Morgan fingerprint density at radius 2 is 1.31 bits per heavy atom. The van der Waals surface area contributed by atoms with Crippen molar-refractivity contribution in [3.63, 3.8) is 0 Å². The smallest absolute Gasteiger partial charge is 0.0677 e. The zero-order valence-corrected chi connectivity index (χ0v) is 32.8. The zero-order chi connectivity index (χ0) is 38.9. The molecule has 1 N–H and O–H groups in total. The molecule has 280 valence electrons. The van der Waals surface area contributed by atoms with Crippen LogP contribution in [0.5, 0.6) is 0 Å².